The maximum Gasteiger partial charge on any atom is 0.170 e. The third-order valence-corrected chi connectivity index (χ3v) is 2.65. The topological polar surface area (TPSA) is 38.7 Å². The minimum absolute atomic E-state index is 0.154. The van der Waals surface area contributed by atoms with Gasteiger partial charge in [0.15, 0.2) is 11.6 Å². The van der Waals surface area contributed by atoms with Crippen molar-refractivity contribution < 1.29 is 19.0 Å². The number of hydrogen-bond acceptors (Lipinski definition) is 3. The van der Waals surface area contributed by atoms with Crippen LogP contribution < -0.4 is 4.74 Å². The standard InChI is InChI=1S/C13H19FO3/c1-9(8-16-2)7-11(15)10-5-4-6-12(17-3)13(10)14/h4-6,9,11,15H,7-8H2,1-3H3. The summed E-state index contributed by atoms with van der Waals surface area (Å²) in [4.78, 5) is 0. The van der Waals surface area contributed by atoms with E-state index in [-0.39, 0.29) is 17.2 Å². The molecule has 0 aromatic heterocycles. The average molecular weight is 242 g/mol. The van der Waals surface area contributed by atoms with Crippen molar-refractivity contribution in [1.29, 1.82) is 0 Å². The molecule has 0 saturated heterocycles. The monoisotopic (exact) mass is 242 g/mol. The SMILES string of the molecule is COCC(C)CC(O)c1cccc(OC)c1F. The zero-order valence-electron chi connectivity index (χ0n) is 10.4. The Hall–Kier alpha value is -1.13. The second-order valence-corrected chi connectivity index (χ2v) is 4.18. The van der Waals surface area contributed by atoms with E-state index < -0.39 is 11.9 Å². The summed E-state index contributed by atoms with van der Waals surface area (Å²) in [6.07, 6.45) is -0.381. The van der Waals surface area contributed by atoms with Crippen molar-refractivity contribution in [2.45, 2.75) is 19.4 Å². The molecule has 0 amide bonds. The lowest BCUT2D eigenvalue weighted by Crippen LogP contribution is -2.11. The first kappa shape index (κ1) is 13.9. The lowest BCUT2D eigenvalue weighted by molar-refractivity contribution is 0.0994. The van der Waals surface area contributed by atoms with Crippen LogP contribution in [0.1, 0.15) is 25.0 Å². The summed E-state index contributed by atoms with van der Waals surface area (Å²) in [5, 5.41) is 9.97. The molecule has 0 saturated carbocycles. The molecule has 1 rings (SSSR count). The van der Waals surface area contributed by atoms with E-state index in [2.05, 4.69) is 0 Å². The third-order valence-electron chi connectivity index (χ3n) is 2.65. The lowest BCUT2D eigenvalue weighted by atomic mass is 9.98. The molecule has 1 N–H and O–H groups in total. The number of methoxy groups -OCH3 is 2. The van der Waals surface area contributed by atoms with Crippen LogP contribution in [0, 0.1) is 11.7 Å². The predicted molar refractivity (Wildman–Crippen MR) is 63.6 cm³/mol. The van der Waals surface area contributed by atoms with Crippen LogP contribution in [-0.4, -0.2) is 25.9 Å². The number of halogens is 1. The molecule has 0 radical (unpaired) electrons. The van der Waals surface area contributed by atoms with Gasteiger partial charge in [0.05, 0.1) is 13.2 Å². The molecule has 17 heavy (non-hydrogen) atoms. The Bertz CT molecular complexity index is 355. The van der Waals surface area contributed by atoms with Crippen LogP contribution in [0.2, 0.25) is 0 Å². The van der Waals surface area contributed by atoms with Gasteiger partial charge >= 0.3 is 0 Å². The van der Waals surface area contributed by atoms with Gasteiger partial charge in [0, 0.05) is 19.3 Å². The van der Waals surface area contributed by atoms with Gasteiger partial charge in [-0.1, -0.05) is 19.1 Å². The summed E-state index contributed by atoms with van der Waals surface area (Å²) in [7, 11) is 3.01. The van der Waals surface area contributed by atoms with E-state index in [0.717, 1.165) is 0 Å². The fourth-order valence-corrected chi connectivity index (χ4v) is 1.80. The number of hydrogen-bond donors (Lipinski definition) is 1. The molecule has 4 heteroatoms. The molecule has 96 valence electrons. The van der Waals surface area contributed by atoms with Crippen molar-refractivity contribution >= 4 is 0 Å². The third kappa shape index (κ3) is 3.68. The number of aliphatic hydroxyl groups is 1. The van der Waals surface area contributed by atoms with Crippen molar-refractivity contribution in [3.05, 3.63) is 29.6 Å². The first-order valence-electron chi connectivity index (χ1n) is 5.59. The number of benzene rings is 1. The minimum Gasteiger partial charge on any atom is -0.494 e. The maximum atomic E-state index is 13.8. The van der Waals surface area contributed by atoms with Crippen LogP contribution in [0.15, 0.2) is 18.2 Å². The molecule has 1 aromatic rings. The largest absolute Gasteiger partial charge is 0.494 e. The summed E-state index contributed by atoms with van der Waals surface area (Å²) in [6.45, 7) is 2.49. The molecule has 3 nitrogen and oxygen atoms in total. The van der Waals surface area contributed by atoms with Crippen molar-refractivity contribution in [3.63, 3.8) is 0 Å². The Labute approximate surface area is 101 Å². The molecule has 0 bridgehead atoms. The Morgan fingerprint density at radius 3 is 2.65 bits per heavy atom. The predicted octanol–water partition coefficient (Wildman–Crippen LogP) is 2.54. The molecular weight excluding hydrogens is 223 g/mol. The van der Waals surface area contributed by atoms with Crippen molar-refractivity contribution in [2.24, 2.45) is 5.92 Å². The normalized spacial score (nSPS) is 14.4. The molecule has 0 heterocycles. The summed E-state index contributed by atoms with van der Waals surface area (Å²) in [6, 6.07) is 4.77. The van der Waals surface area contributed by atoms with Crippen LogP contribution in [0.3, 0.4) is 0 Å². The highest BCUT2D eigenvalue weighted by atomic mass is 19.1. The Balaban J connectivity index is 2.78. The van der Waals surface area contributed by atoms with Crippen LogP contribution in [0.4, 0.5) is 4.39 Å². The summed E-state index contributed by atoms with van der Waals surface area (Å²) >= 11 is 0. The highest BCUT2D eigenvalue weighted by molar-refractivity contribution is 5.32. The van der Waals surface area contributed by atoms with E-state index in [1.165, 1.54) is 13.2 Å². The fraction of sp³-hybridized carbons (Fsp3) is 0.538. The average Bonchev–Trinajstić information content (AvgIpc) is 2.29. The molecule has 0 aliphatic rings. The number of aliphatic hydroxyl groups excluding tert-OH is 1. The van der Waals surface area contributed by atoms with Crippen LogP contribution in [-0.2, 0) is 4.74 Å². The van der Waals surface area contributed by atoms with Crippen molar-refractivity contribution in [2.75, 3.05) is 20.8 Å². The number of ether oxygens (including phenoxy) is 2. The quantitative estimate of drug-likeness (QED) is 0.833. The van der Waals surface area contributed by atoms with E-state index in [1.807, 2.05) is 6.92 Å². The molecule has 0 aliphatic heterocycles. The fourth-order valence-electron chi connectivity index (χ4n) is 1.80. The maximum absolute atomic E-state index is 13.8. The highest BCUT2D eigenvalue weighted by Gasteiger charge is 2.18. The van der Waals surface area contributed by atoms with Crippen LogP contribution in [0.25, 0.3) is 0 Å². The highest BCUT2D eigenvalue weighted by Crippen LogP contribution is 2.28. The zero-order chi connectivity index (χ0) is 12.8. The van der Waals surface area contributed by atoms with Gasteiger partial charge in [-0.05, 0) is 18.4 Å². The van der Waals surface area contributed by atoms with Gasteiger partial charge in [-0.15, -0.1) is 0 Å². The van der Waals surface area contributed by atoms with Crippen molar-refractivity contribution in [1.82, 2.24) is 0 Å². The second-order valence-electron chi connectivity index (χ2n) is 4.18. The smallest absolute Gasteiger partial charge is 0.170 e. The Morgan fingerprint density at radius 2 is 2.06 bits per heavy atom. The van der Waals surface area contributed by atoms with E-state index in [4.69, 9.17) is 9.47 Å². The van der Waals surface area contributed by atoms with Gasteiger partial charge in [-0.25, -0.2) is 4.39 Å². The van der Waals surface area contributed by atoms with E-state index in [9.17, 15) is 9.50 Å². The first-order chi connectivity index (χ1) is 8.10. The molecule has 2 unspecified atom stereocenters. The Kier molecular flexibility index (Phi) is 5.38. The summed E-state index contributed by atoms with van der Waals surface area (Å²) in [5.41, 5.74) is 0.271. The minimum atomic E-state index is -0.838. The molecule has 0 fully saturated rings. The van der Waals surface area contributed by atoms with Gasteiger partial charge in [0.2, 0.25) is 0 Å². The van der Waals surface area contributed by atoms with Gasteiger partial charge in [-0.3, -0.25) is 0 Å². The van der Waals surface area contributed by atoms with E-state index in [0.29, 0.717) is 13.0 Å². The van der Waals surface area contributed by atoms with Gasteiger partial charge in [0.25, 0.3) is 0 Å². The van der Waals surface area contributed by atoms with E-state index in [1.54, 1.807) is 19.2 Å². The molecule has 2 atom stereocenters. The zero-order valence-corrected chi connectivity index (χ0v) is 10.4. The van der Waals surface area contributed by atoms with E-state index >= 15 is 0 Å². The van der Waals surface area contributed by atoms with Gasteiger partial charge in [-0.2, -0.15) is 0 Å². The van der Waals surface area contributed by atoms with Gasteiger partial charge < -0.3 is 14.6 Å². The molecule has 1 aromatic carbocycles. The van der Waals surface area contributed by atoms with Gasteiger partial charge in [0.1, 0.15) is 0 Å². The molecule has 0 spiro atoms. The lowest BCUT2D eigenvalue weighted by Gasteiger charge is -2.17. The Morgan fingerprint density at radius 1 is 1.35 bits per heavy atom. The van der Waals surface area contributed by atoms with Crippen LogP contribution >= 0.6 is 0 Å². The molecule has 0 aliphatic carbocycles. The van der Waals surface area contributed by atoms with Crippen LogP contribution in [0.5, 0.6) is 5.75 Å². The first-order valence-corrected chi connectivity index (χ1v) is 5.59. The van der Waals surface area contributed by atoms with Crippen molar-refractivity contribution in [3.8, 4) is 5.75 Å². The summed E-state index contributed by atoms with van der Waals surface area (Å²) in [5.74, 6) is -0.173. The molecular formula is C13H19FO3. The second kappa shape index (κ2) is 6.57. The summed E-state index contributed by atoms with van der Waals surface area (Å²) < 4.78 is 23.7. The number of rotatable bonds is 6.